The summed E-state index contributed by atoms with van der Waals surface area (Å²) in [5.74, 6) is -0.934. The summed E-state index contributed by atoms with van der Waals surface area (Å²) >= 11 is 6.10. The number of para-hydroxylation sites is 1. The quantitative estimate of drug-likeness (QED) is 0.274. The number of fused-ring (bicyclic) bond motifs is 1. The van der Waals surface area contributed by atoms with E-state index in [1.807, 2.05) is 24.3 Å². The van der Waals surface area contributed by atoms with Crippen molar-refractivity contribution in [2.75, 3.05) is 6.61 Å². The van der Waals surface area contributed by atoms with E-state index in [1.165, 1.54) is 6.07 Å². The first-order valence-corrected chi connectivity index (χ1v) is 12.1. The van der Waals surface area contributed by atoms with Gasteiger partial charge in [0.2, 0.25) is 5.82 Å². The van der Waals surface area contributed by atoms with E-state index in [2.05, 4.69) is 25.6 Å². The first-order valence-electron chi connectivity index (χ1n) is 11.7. The number of ether oxygens (including phenoxy) is 1. The van der Waals surface area contributed by atoms with Gasteiger partial charge in [0.25, 0.3) is 0 Å². The Morgan fingerprint density at radius 3 is 2.57 bits per heavy atom. The lowest BCUT2D eigenvalue weighted by molar-refractivity contribution is 0.184. The molecule has 2 heterocycles. The van der Waals surface area contributed by atoms with Gasteiger partial charge in [-0.15, -0.1) is 21.8 Å². The molecule has 0 bridgehead atoms. The van der Waals surface area contributed by atoms with Crippen molar-refractivity contribution in [3.8, 4) is 28.5 Å². The Morgan fingerprint density at radius 1 is 1.00 bits per heavy atom. The number of nitrogens with zero attached hydrogens (tertiary/aromatic N) is 5. The molecule has 1 aliphatic carbocycles. The van der Waals surface area contributed by atoms with E-state index in [0.29, 0.717) is 46.3 Å². The van der Waals surface area contributed by atoms with Gasteiger partial charge in [-0.1, -0.05) is 24.3 Å². The molecule has 1 N–H and O–H groups in total. The van der Waals surface area contributed by atoms with Crippen molar-refractivity contribution in [2.24, 2.45) is 5.92 Å². The van der Waals surface area contributed by atoms with E-state index in [-0.39, 0.29) is 23.3 Å². The van der Waals surface area contributed by atoms with Crippen LogP contribution in [0.5, 0.6) is 5.75 Å². The highest BCUT2D eigenvalue weighted by atomic mass is 35.5. The van der Waals surface area contributed by atoms with Crippen LogP contribution in [0.2, 0.25) is 0 Å². The second-order valence-electron chi connectivity index (χ2n) is 9.06. The largest absolute Gasteiger partial charge is 0.493 e. The van der Waals surface area contributed by atoms with Crippen LogP contribution in [0.15, 0.2) is 54.6 Å². The topological polar surface area (TPSA) is 81.5 Å². The van der Waals surface area contributed by atoms with Gasteiger partial charge in [-0.2, -0.15) is 5.21 Å². The molecule has 0 atom stereocenters. The number of halogens is 4. The minimum atomic E-state index is -1.02. The van der Waals surface area contributed by atoms with E-state index in [1.54, 1.807) is 16.7 Å². The number of hydrogen-bond acceptors (Lipinski definition) is 5. The van der Waals surface area contributed by atoms with Crippen LogP contribution in [0.4, 0.5) is 13.2 Å². The van der Waals surface area contributed by atoms with Crippen LogP contribution in [0, 0.1) is 23.4 Å². The monoisotopic (exact) mass is 524 g/mol. The van der Waals surface area contributed by atoms with Crippen LogP contribution in [0.25, 0.3) is 33.8 Å². The first kappa shape index (κ1) is 23.5. The lowest BCUT2D eigenvalue weighted by Gasteiger charge is -2.30. The number of H-pyrrole nitrogens is 1. The highest BCUT2D eigenvalue weighted by Gasteiger charge is 2.28. The number of nitrogens with one attached hydrogen (secondary N) is 1. The molecule has 2 aromatic heterocycles. The second kappa shape index (κ2) is 9.51. The van der Waals surface area contributed by atoms with Crippen LogP contribution in [0.1, 0.15) is 18.4 Å². The molecule has 1 fully saturated rings. The first-order chi connectivity index (χ1) is 18.0. The van der Waals surface area contributed by atoms with E-state index < -0.39 is 17.5 Å². The van der Waals surface area contributed by atoms with Crippen LogP contribution < -0.4 is 4.74 Å². The molecule has 11 heteroatoms. The number of rotatable bonds is 7. The maximum Gasteiger partial charge on any atom is 0.204 e. The SMILES string of the molecule is Fc1cc2nc(-c3ccccc3OCC3CC(Cl)C3)n(Cc3ccc(-c4nn[nH]n4)cc3F)c2cc1F. The molecule has 0 amide bonds. The van der Waals surface area contributed by atoms with Crippen molar-refractivity contribution in [1.82, 2.24) is 30.2 Å². The predicted octanol–water partition coefficient (Wildman–Crippen LogP) is 5.75. The summed E-state index contributed by atoms with van der Waals surface area (Å²) in [6.45, 7) is 0.510. The number of tetrazole rings is 1. The average molecular weight is 525 g/mol. The Kier molecular flexibility index (Phi) is 6.03. The van der Waals surface area contributed by atoms with Crippen molar-refractivity contribution in [3.05, 3.63) is 77.6 Å². The molecule has 1 aliphatic rings. The van der Waals surface area contributed by atoms with Gasteiger partial charge in [0, 0.05) is 28.6 Å². The van der Waals surface area contributed by atoms with Gasteiger partial charge in [-0.05, 0) is 42.2 Å². The van der Waals surface area contributed by atoms with Gasteiger partial charge in [-0.3, -0.25) is 0 Å². The number of alkyl halides is 1. The summed E-state index contributed by atoms with van der Waals surface area (Å²) < 4.78 is 51.3. The summed E-state index contributed by atoms with van der Waals surface area (Å²) in [5.41, 5.74) is 1.97. The van der Waals surface area contributed by atoms with Crippen LogP contribution in [-0.2, 0) is 6.54 Å². The number of hydrogen-bond donors (Lipinski definition) is 1. The third-order valence-corrected chi connectivity index (χ3v) is 6.91. The molecule has 0 unspecified atom stereocenters. The van der Waals surface area contributed by atoms with Crippen LogP contribution in [0.3, 0.4) is 0 Å². The molecular weight excluding hydrogens is 505 g/mol. The summed E-state index contributed by atoms with van der Waals surface area (Å²) in [6.07, 6.45) is 1.78. The maximum atomic E-state index is 15.2. The van der Waals surface area contributed by atoms with Gasteiger partial charge >= 0.3 is 0 Å². The molecule has 7 nitrogen and oxygen atoms in total. The Morgan fingerprint density at radius 2 is 1.81 bits per heavy atom. The molecule has 37 heavy (non-hydrogen) atoms. The molecule has 3 aromatic carbocycles. The Bertz CT molecular complexity index is 1580. The Hall–Kier alpha value is -3.92. The molecular formula is C26H20ClF3N6O. The third kappa shape index (κ3) is 4.53. The third-order valence-electron chi connectivity index (χ3n) is 6.56. The smallest absolute Gasteiger partial charge is 0.204 e. The van der Waals surface area contributed by atoms with Crippen molar-refractivity contribution < 1.29 is 17.9 Å². The molecule has 188 valence electrons. The van der Waals surface area contributed by atoms with E-state index >= 15 is 4.39 Å². The molecule has 0 aliphatic heterocycles. The lowest BCUT2D eigenvalue weighted by atomic mass is 9.86. The Balaban J connectivity index is 1.41. The van der Waals surface area contributed by atoms with Crippen molar-refractivity contribution >= 4 is 22.6 Å². The summed E-state index contributed by atoms with van der Waals surface area (Å²) in [5, 5.41) is 13.8. The Labute approximate surface area is 214 Å². The number of imidazole rings is 1. The zero-order chi connectivity index (χ0) is 25.5. The zero-order valence-corrected chi connectivity index (χ0v) is 20.1. The zero-order valence-electron chi connectivity index (χ0n) is 19.3. The highest BCUT2D eigenvalue weighted by molar-refractivity contribution is 6.21. The van der Waals surface area contributed by atoms with Gasteiger partial charge in [0.05, 0.1) is 29.7 Å². The van der Waals surface area contributed by atoms with Crippen molar-refractivity contribution in [1.29, 1.82) is 0 Å². The molecule has 5 aromatic rings. The van der Waals surface area contributed by atoms with Crippen LogP contribution in [-0.4, -0.2) is 42.2 Å². The molecule has 0 radical (unpaired) electrons. The normalized spacial score (nSPS) is 17.2. The maximum absolute atomic E-state index is 15.2. The average Bonchev–Trinajstić information content (AvgIpc) is 3.52. The van der Waals surface area contributed by atoms with Gasteiger partial charge in [-0.25, -0.2) is 18.2 Å². The predicted molar refractivity (Wildman–Crippen MR) is 132 cm³/mol. The summed E-state index contributed by atoms with van der Waals surface area (Å²) in [6, 6.07) is 14.0. The van der Waals surface area contributed by atoms with Gasteiger partial charge in [0.15, 0.2) is 11.6 Å². The molecule has 6 rings (SSSR count). The van der Waals surface area contributed by atoms with Gasteiger partial charge < -0.3 is 9.30 Å². The fourth-order valence-electron chi connectivity index (χ4n) is 4.53. The summed E-state index contributed by atoms with van der Waals surface area (Å²) in [7, 11) is 0. The van der Waals surface area contributed by atoms with E-state index in [9.17, 15) is 8.78 Å². The fraction of sp³-hybridized carbons (Fsp3) is 0.231. The summed E-state index contributed by atoms with van der Waals surface area (Å²) in [4.78, 5) is 4.60. The van der Waals surface area contributed by atoms with E-state index in [0.717, 1.165) is 25.0 Å². The van der Waals surface area contributed by atoms with Gasteiger partial charge in [0.1, 0.15) is 17.4 Å². The molecule has 1 saturated carbocycles. The van der Waals surface area contributed by atoms with Crippen molar-refractivity contribution in [2.45, 2.75) is 24.8 Å². The standard InChI is InChI=1S/C26H20ClF3N6O/c27-17-7-14(8-17)13-37-24-4-2-1-3-18(24)26-31-22-10-20(29)21(30)11-23(22)36(26)12-16-6-5-15(9-19(16)28)25-32-34-35-33-25/h1-6,9-11,14,17H,7-8,12-13H2,(H,32,33,34,35). The second-order valence-corrected chi connectivity index (χ2v) is 9.68. The minimum Gasteiger partial charge on any atom is -0.493 e. The van der Waals surface area contributed by atoms with Crippen molar-refractivity contribution in [3.63, 3.8) is 0 Å². The highest BCUT2D eigenvalue weighted by Crippen LogP contribution is 2.36. The minimum absolute atomic E-state index is 0.0140. The number of aromatic nitrogens is 6. The molecule has 0 spiro atoms. The molecule has 0 saturated heterocycles. The lowest BCUT2D eigenvalue weighted by Crippen LogP contribution is -2.29. The number of aromatic amines is 1. The number of benzene rings is 3. The van der Waals surface area contributed by atoms with Crippen LogP contribution >= 0.6 is 11.6 Å². The fourth-order valence-corrected chi connectivity index (χ4v) is 5.03. The van der Waals surface area contributed by atoms with E-state index in [4.69, 9.17) is 16.3 Å².